The molecule has 1 fully saturated rings. The van der Waals surface area contributed by atoms with Crippen LogP contribution in [-0.2, 0) is 14.8 Å². The van der Waals surface area contributed by atoms with Crippen molar-refractivity contribution >= 4 is 22.4 Å². The zero-order valence-electron chi connectivity index (χ0n) is 15.6. The summed E-state index contributed by atoms with van der Waals surface area (Å²) >= 11 is 0. The maximum absolute atomic E-state index is 13.1. The predicted molar refractivity (Wildman–Crippen MR) is 106 cm³/mol. The van der Waals surface area contributed by atoms with Gasteiger partial charge in [0.05, 0.1) is 11.5 Å². The molecule has 0 bridgehead atoms. The van der Waals surface area contributed by atoms with Gasteiger partial charge in [0, 0.05) is 19.2 Å². The quantitative estimate of drug-likeness (QED) is 0.605. The molecule has 1 aromatic rings. The van der Waals surface area contributed by atoms with E-state index in [1.165, 1.54) is 0 Å². The molecular formula is C18H31ClN2O4S. The molecule has 1 heterocycles. The smallest absolute Gasteiger partial charge is 0.243 e. The van der Waals surface area contributed by atoms with Gasteiger partial charge in [-0.1, -0.05) is 6.92 Å². The van der Waals surface area contributed by atoms with E-state index >= 15 is 0 Å². The minimum atomic E-state index is -3.48. The van der Waals surface area contributed by atoms with Crippen LogP contribution in [0.3, 0.4) is 0 Å². The second-order valence-corrected chi connectivity index (χ2v) is 8.00. The van der Waals surface area contributed by atoms with Gasteiger partial charge in [0.25, 0.3) is 0 Å². The van der Waals surface area contributed by atoms with E-state index in [1.54, 1.807) is 28.6 Å². The van der Waals surface area contributed by atoms with Crippen LogP contribution in [0.4, 0.5) is 0 Å². The van der Waals surface area contributed by atoms with Crippen molar-refractivity contribution in [1.82, 2.24) is 9.62 Å². The number of rotatable bonds is 10. The highest BCUT2D eigenvalue weighted by Crippen LogP contribution is 2.24. The standard InChI is InChI=1S/C18H30N2O4S.ClH/c1-3-13-20(16-9-11-19-12-10-16)25(21,22)18-7-5-17(6-8-18)24-15-14-23-4-2;/h5-8,16,19H,3-4,9-15H2,1-2H3;1H. The first-order valence-electron chi connectivity index (χ1n) is 9.12. The average molecular weight is 407 g/mol. The van der Waals surface area contributed by atoms with Gasteiger partial charge in [-0.3, -0.25) is 0 Å². The summed E-state index contributed by atoms with van der Waals surface area (Å²) in [6.45, 7) is 7.88. The van der Waals surface area contributed by atoms with Gasteiger partial charge < -0.3 is 14.8 Å². The molecule has 1 saturated heterocycles. The molecule has 0 aromatic heterocycles. The summed E-state index contributed by atoms with van der Waals surface area (Å²) in [5.41, 5.74) is 0. The highest BCUT2D eigenvalue weighted by Gasteiger charge is 2.31. The number of nitrogens with zero attached hydrogens (tertiary/aromatic N) is 1. The van der Waals surface area contributed by atoms with Crippen LogP contribution in [0.5, 0.6) is 5.75 Å². The van der Waals surface area contributed by atoms with Crippen LogP contribution < -0.4 is 10.1 Å². The molecule has 0 spiro atoms. The van der Waals surface area contributed by atoms with E-state index in [0.29, 0.717) is 37.0 Å². The normalized spacial score (nSPS) is 15.7. The van der Waals surface area contributed by atoms with Gasteiger partial charge in [-0.15, -0.1) is 12.4 Å². The second-order valence-electron chi connectivity index (χ2n) is 6.11. The Labute approximate surface area is 163 Å². The van der Waals surface area contributed by atoms with Crippen LogP contribution >= 0.6 is 12.4 Å². The van der Waals surface area contributed by atoms with E-state index in [0.717, 1.165) is 32.4 Å². The Morgan fingerprint density at radius 3 is 2.35 bits per heavy atom. The lowest BCUT2D eigenvalue weighted by atomic mass is 10.1. The molecule has 8 heteroatoms. The van der Waals surface area contributed by atoms with Crippen molar-refractivity contribution < 1.29 is 17.9 Å². The maximum Gasteiger partial charge on any atom is 0.243 e. The molecule has 0 saturated carbocycles. The van der Waals surface area contributed by atoms with Gasteiger partial charge >= 0.3 is 0 Å². The zero-order valence-corrected chi connectivity index (χ0v) is 17.3. The highest BCUT2D eigenvalue weighted by molar-refractivity contribution is 7.89. The molecule has 26 heavy (non-hydrogen) atoms. The summed E-state index contributed by atoms with van der Waals surface area (Å²) in [4.78, 5) is 0.330. The van der Waals surface area contributed by atoms with E-state index < -0.39 is 10.0 Å². The Morgan fingerprint density at radius 1 is 1.12 bits per heavy atom. The summed E-state index contributed by atoms with van der Waals surface area (Å²) in [7, 11) is -3.48. The van der Waals surface area contributed by atoms with Crippen LogP contribution in [0.15, 0.2) is 29.2 Å². The zero-order chi connectivity index (χ0) is 18.1. The molecule has 1 aromatic carbocycles. The summed E-state index contributed by atoms with van der Waals surface area (Å²) in [6.07, 6.45) is 2.53. The molecule has 6 nitrogen and oxygen atoms in total. The van der Waals surface area contributed by atoms with Gasteiger partial charge in [0.2, 0.25) is 10.0 Å². The molecule has 0 radical (unpaired) electrons. The Hall–Kier alpha value is -0.860. The molecule has 0 atom stereocenters. The SMILES string of the molecule is CCCN(C1CCNCC1)S(=O)(=O)c1ccc(OCCOCC)cc1.Cl. The van der Waals surface area contributed by atoms with Crippen LogP contribution in [0.2, 0.25) is 0 Å². The predicted octanol–water partition coefficient (Wildman–Crippen LogP) is 2.68. The fourth-order valence-corrected chi connectivity index (χ4v) is 4.80. The third-order valence-corrected chi connectivity index (χ3v) is 6.26. The number of benzene rings is 1. The Bertz CT molecular complexity index is 604. The third kappa shape index (κ3) is 6.39. The van der Waals surface area contributed by atoms with Crippen LogP contribution in [0.1, 0.15) is 33.1 Å². The summed E-state index contributed by atoms with van der Waals surface area (Å²) < 4.78 is 38.6. The van der Waals surface area contributed by atoms with Crippen LogP contribution in [0, 0.1) is 0 Å². The molecule has 2 rings (SSSR count). The number of sulfonamides is 1. The fraction of sp³-hybridized carbons (Fsp3) is 0.667. The molecule has 1 aliphatic heterocycles. The Balaban J connectivity index is 0.00000338. The first-order valence-corrected chi connectivity index (χ1v) is 10.6. The van der Waals surface area contributed by atoms with Crippen molar-refractivity contribution in [1.29, 1.82) is 0 Å². The van der Waals surface area contributed by atoms with Crippen molar-refractivity contribution in [3.8, 4) is 5.75 Å². The fourth-order valence-electron chi connectivity index (χ4n) is 3.02. The Morgan fingerprint density at radius 2 is 1.77 bits per heavy atom. The van der Waals surface area contributed by atoms with Crippen LogP contribution in [0.25, 0.3) is 0 Å². The number of nitrogens with one attached hydrogen (secondary N) is 1. The van der Waals surface area contributed by atoms with E-state index in [2.05, 4.69) is 5.32 Å². The number of piperidine rings is 1. The summed E-state index contributed by atoms with van der Waals surface area (Å²) in [5.74, 6) is 0.655. The lowest BCUT2D eigenvalue weighted by Crippen LogP contribution is -2.46. The number of ether oxygens (including phenoxy) is 2. The molecular weight excluding hydrogens is 376 g/mol. The molecule has 0 unspecified atom stereocenters. The first kappa shape index (κ1) is 23.2. The average Bonchev–Trinajstić information content (AvgIpc) is 2.64. The molecule has 0 aliphatic carbocycles. The van der Waals surface area contributed by atoms with E-state index in [1.807, 2.05) is 13.8 Å². The lowest BCUT2D eigenvalue weighted by Gasteiger charge is -2.33. The van der Waals surface area contributed by atoms with Crippen LogP contribution in [-0.4, -0.2) is 58.2 Å². The molecule has 0 amide bonds. The number of hydrogen-bond acceptors (Lipinski definition) is 5. The largest absolute Gasteiger partial charge is 0.491 e. The van der Waals surface area contributed by atoms with Gasteiger partial charge in [-0.2, -0.15) is 4.31 Å². The van der Waals surface area contributed by atoms with Crippen molar-refractivity contribution in [2.45, 2.75) is 44.0 Å². The van der Waals surface area contributed by atoms with Gasteiger partial charge in [-0.25, -0.2) is 8.42 Å². The topological polar surface area (TPSA) is 67.9 Å². The van der Waals surface area contributed by atoms with Gasteiger partial charge in [-0.05, 0) is 63.5 Å². The molecule has 1 N–H and O–H groups in total. The number of hydrogen-bond donors (Lipinski definition) is 1. The molecule has 150 valence electrons. The second kappa shape index (κ2) is 11.8. The lowest BCUT2D eigenvalue weighted by molar-refractivity contribution is 0.110. The third-order valence-electron chi connectivity index (χ3n) is 4.29. The summed E-state index contributed by atoms with van der Waals surface area (Å²) in [5, 5.41) is 3.29. The van der Waals surface area contributed by atoms with Crippen molar-refractivity contribution in [2.24, 2.45) is 0 Å². The van der Waals surface area contributed by atoms with E-state index in [9.17, 15) is 8.42 Å². The highest BCUT2D eigenvalue weighted by atomic mass is 35.5. The van der Waals surface area contributed by atoms with Gasteiger partial charge in [0.1, 0.15) is 12.4 Å². The maximum atomic E-state index is 13.1. The minimum absolute atomic E-state index is 0. The monoisotopic (exact) mass is 406 g/mol. The first-order chi connectivity index (χ1) is 12.1. The van der Waals surface area contributed by atoms with Crippen molar-refractivity contribution in [3.05, 3.63) is 24.3 Å². The minimum Gasteiger partial charge on any atom is -0.491 e. The van der Waals surface area contributed by atoms with Crippen molar-refractivity contribution in [2.75, 3.05) is 39.5 Å². The van der Waals surface area contributed by atoms with Gasteiger partial charge in [0.15, 0.2) is 0 Å². The number of halogens is 1. The Kier molecular flexibility index (Phi) is 10.5. The van der Waals surface area contributed by atoms with E-state index in [-0.39, 0.29) is 18.4 Å². The van der Waals surface area contributed by atoms with E-state index in [4.69, 9.17) is 9.47 Å². The summed E-state index contributed by atoms with van der Waals surface area (Å²) in [6, 6.07) is 6.77. The van der Waals surface area contributed by atoms with Crippen molar-refractivity contribution in [3.63, 3.8) is 0 Å². The molecule has 1 aliphatic rings.